The highest BCUT2D eigenvalue weighted by atomic mass is 19.4. The van der Waals surface area contributed by atoms with Crippen LogP contribution in [0.25, 0.3) is 50.3 Å². The molecule has 9 aromatic heterocycles. The van der Waals surface area contributed by atoms with Gasteiger partial charge in [0.25, 0.3) is 16.7 Å². The van der Waals surface area contributed by atoms with Gasteiger partial charge in [-0.2, -0.15) is 130 Å². The molecule has 1 aliphatic rings. The van der Waals surface area contributed by atoms with Crippen molar-refractivity contribution in [1.82, 2.24) is 57.5 Å². The summed E-state index contributed by atoms with van der Waals surface area (Å²) in [5.41, 5.74) is -15.0. The quantitative estimate of drug-likeness (QED) is 0.0942. The first-order valence-corrected chi connectivity index (χ1v) is 26.3. The molecule has 45 heteroatoms. The minimum absolute atomic E-state index is 0.0509. The monoisotopic (exact) mass is 1440 g/mol. The molecule has 98 heavy (non-hydrogen) atoms. The summed E-state index contributed by atoms with van der Waals surface area (Å²) >= 11 is 0. The molecule has 1 saturated heterocycles. The third-order valence-corrected chi connectivity index (χ3v) is 12.6. The van der Waals surface area contributed by atoms with Gasteiger partial charge in [-0.25, -0.2) is 19.3 Å². The number of halogens is 25. The van der Waals surface area contributed by atoms with E-state index in [1.165, 1.54) is 37.9 Å². The van der Waals surface area contributed by atoms with Gasteiger partial charge in [0, 0.05) is 67.1 Å². The van der Waals surface area contributed by atoms with E-state index in [4.69, 9.17) is 19.4 Å². The number of hydrogen-bond acceptors (Lipinski definition) is 13. The lowest BCUT2D eigenvalue weighted by Gasteiger charge is -2.19. The summed E-state index contributed by atoms with van der Waals surface area (Å²) in [5.74, 6) is -15.6. The topological polar surface area (TPSA) is 220 Å². The Morgan fingerprint density at radius 3 is 1.06 bits per heavy atom. The lowest BCUT2D eigenvalue weighted by atomic mass is 10.1. The van der Waals surface area contributed by atoms with Crippen LogP contribution in [0.2, 0.25) is 6.82 Å². The normalized spacial score (nSPS) is 13.3. The second kappa shape index (κ2) is 30.4. The number of rotatable bonds is 11. The summed E-state index contributed by atoms with van der Waals surface area (Å²) in [6.45, 7) is -4.01. The fourth-order valence-electron chi connectivity index (χ4n) is 8.15. The minimum Gasteiger partial charge on any atom is -0.392 e. The maximum Gasteiger partial charge on any atom is 0.455 e. The molecule has 19 nitrogen and oxygen atoms in total. The van der Waals surface area contributed by atoms with Crippen LogP contribution < -0.4 is 16.7 Å². The highest BCUT2D eigenvalue weighted by Gasteiger charge is 2.60. The van der Waals surface area contributed by atoms with E-state index in [1.54, 1.807) is 0 Å². The molecule has 0 aliphatic carbocycles. The fraction of sp³-hybridized carbons (Fsp3) is 0.358. The van der Waals surface area contributed by atoms with E-state index in [0.29, 0.717) is 46.0 Å². The van der Waals surface area contributed by atoms with E-state index in [0.717, 1.165) is 60.5 Å². The SMILES string of the molecule is C1CCOC1.O=C=O.O=c1c(-c2cnn(CC(F)(F)C(F)(F)F)c2)c(C(F)(F)F)nc2cc(CF)ccn12.O=c1c(-c2cnn(CC(F)(F)C(F)(F)F)c2)c(C(F)(F)F)nc2cc(CO)ccn12.O=c1c(-c2cnn(CC(F)(F)C(F)(F)F)c2)c(C(F)(F)F)nc2ccccn12.[B]C. The number of aliphatic hydroxyl groups is 1. The van der Waals surface area contributed by atoms with Crippen molar-refractivity contribution in [3.05, 3.63) is 158 Å². The zero-order chi connectivity index (χ0) is 74.1. The van der Waals surface area contributed by atoms with E-state index < -0.39 is 166 Å². The average molecular weight is 1440 g/mol. The molecule has 9 aromatic rings. The third-order valence-electron chi connectivity index (χ3n) is 12.6. The molecule has 530 valence electrons. The van der Waals surface area contributed by atoms with Gasteiger partial charge in [-0.15, -0.1) is 0 Å². The van der Waals surface area contributed by atoms with Gasteiger partial charge in [-0.05, 0) is 60.4 Å². The number of aliphatic hydroxyl groups excluding tert-OH is 1. The van der Waals surface area contributed by atoms with Crippen LogP contribution in [0.4, 0.5) is 110 Å². The highest BCUT2D eigenvalue weighted by Crippen LogP contribution is 2.42. The Morgan fingerprint density at radius 2 is 0.776 bits per heavy atom. The summed E-state index contributed by atoms with van der Waals surface area (Å²) in [6, 6.07) is 8.13. The maximum atomic E-state index is 13.5. The molecule has 0 spiro atoms. The number of aromatic nitrogens is 12. The van der Waals surface area contributed by atoms with Crippen LogP contribution in [0.1, 0.15) is 41.1 Å². The molecule has 2 radical (unpaired) electrons. The molecule has 0 amide bonds. The van der Waals surface area contributed by atoms with Crippen molar-refractivity contribution in [1.29, 1.82) is 0 Å². The van der Waals surface area contributed by atoms with Crippen molar-refractivity contribution in [3.8, 4) is 33.4 Å². The van der Waals surface area contributed by atoms with E-state index in [-0.39, 0.29) is 37.0 Å². The largest absolute Gasteiger partial charge is 0.455 e. The van der Waals surface area contributed by atoms with Crippen LogP contribution in [0, 0.1) is 0 Å². The third kappa shape index (κ3) is 18.7. The lowest BCUT2D eigenvalue weighted by molar-refractivity contribution is -0.287. The number of hydrogen-bond donors (Lipinski definition) is 1. The van der Waals surface area contributed by atoms with E-state index in [9.17, 15) is 124 Å². The van der Waals surface area contributed by atoms with Crippen molar-refractivity contribution >= 4 is 30.9 Å². The van der Waals surface area contributed by atoms with Crippen molar-refractivity contribution in [2.45, 2.75) is 107 Å². The highest BCUT2D eigenvalue weighted by molar-refractivity contribution is 6.05. The molecule has 10 heterocycles. The van der Waals surface area contributed by atoms with Gasteiger partial charge in [0.15, 0.2) is 17.1 Å². The Kier molecular flexibility index (Phi) is 24.5. The van der Waals surface area contributed by atoms with Crippen molar-refractivity contribution in [3.63, 3.8) is 0 Å². The molecule has 0 aromatic carbocycles. The molecule has 10 rings (SSSR count). The van der Waals surface area contributed by atoms with E-state index in [1.807, 2.05) is 0 Å². The second-order valence-electron chi connectivity index (χ2n) is 19.5. The molecular formula is C53H38BF25N12O7. The average Bonchev–Trinajstić information content (AvgIpc) is 1.19. The van der Waals surface area contributed by atoms with Crippen LogP contribution in [0.5, 0.6) is 0 Å². The summed E-state index contributed by atoms with van der Waals surface area (Å²) in [4.78, 5) is 64.1. The first kappa shape index (κ1) is 79.0. The molecule has 1 N–H and O–H groups in total. The minimum atomic E-state index is -5.91. The van der Waals surface area contributed by atoms with Gasteiger partial charge in [-0.1, -0.05) is 12.9 Å². The number of nitrogens with zero attached hydrogens (tertiary/aromatic N) is 12. The zero-order valence-corrected chi connectivity index (χ0v) is 48.4. The zero-order valence-electron chi connectivity index (χ0n) is 48.4. The van der Waals surface area contributed by atoms with Gasteiger partial charge in [0.2, 0.25) is 0 Å². The van der Waals surface area contributed by atoms with Gasteiger partial charge < -0.3 is 9.84 Å². The fourth-order valence-corrected chi connectivity index (χ4v) is 8.15. The number of alkyl halides is 25. The van der Waals surface area contributed by atoms with E-state index in [2.05, 4.69) is 38.1 Å². The smallest absolute Gasteiger partial charge is 0.392 e. The molecule has 0 bridgehead atoms. The summed E-state index contributed by atoms with van der Waals surface area (Å²) in [7, 11) is 4.50. The lowest BCUT2D eigenvalue weighted by Crippen LogP contribution is -2.40. The van der Waals surface area contributed by atoms with Crippen molar-refractivity contribution in [2.75, 3.05) is 13.2 Å². The van der Waals surface area contributed by atoms with Crippen LogP contribution in [0.3, 0.4) is 0 Å². The number of fused-ring (bicyclic) bond motifs is 3. The molecule has 0 atom stereocenters. The van der Waals surface area contributed by atoms with E-state index >= 15 is 0 Å². The summed E-state index contributed by atoms with van der Waals surface area (Å²) < 4.78 is 331. The summed E-state index contributed by atoms with van der Waals surface area (Å²) in [6.07, 6.45) is -24.0. The molecule has 0 saturated carbocycles. The predicted octanol–water partition coefficient (Wildman–Crippen LogP) is 11.7. The number of ether oxygens (including phenoxy) is 1. The Balaban J connectivity index is 0.000000247. The molecular weight excluding hydrogens is 1400 g/mol. The number of pyridine rings is 3. The van der Waals surface area contributed by atoms with Gasteiger partial charge in [-0.3, -0.25) is 41.6 Å². The van der Waals surface area contributed by atoms with Crippen LogP contribution in [-0.4, -0.2) is 126 Å². The standard InChI is InChI=1S/C16H9F9N4O.C16H10F8N4O2.C15H8F8N4O.C4H8O.CH3B.CO2/c17-4-8-1-2-29-10(3-8)27-12(15(20,21)22)11(13(29)30)9-5-26-28(6-9)7-14(18,19)16(23,24)25;17-14(18,16(22,23)24)7-27-5-9(4-25-27)11-12(15(19,20)21)26-10-3-8(6-29)1-2-28(10)13(11)30;16-13(17,15(21,22)23)7-26-6-8(5-24-26)10-11(14(18,19)20)25-9-3-1-2-4-27(9)12(10)28;1-2-4-5-3-1;1-2;2-1-3/h1-3,5-6H,4,7H2;1-5,29H,6-7H2;1-6H,7H2;1-4H2;1H3;. The van der Waals surface area contributed by atoms with Gasteiger partial charge >= 0.3 is 61.0 Å². The Bertz CT molecular complexity index is 4250. The first-order valence-electron chi connectivity index (χ1n) is 26.3. The molecule has 0 unspecified atom stereocenters. The van der Waals surface area contributed by atoms with Crippen LogP contribution in [0.15, 0.2) is 113 Å². The molecule has 1 aliphatic heterocycles. The van der Waals surface area contributed by atoms with Crippen molar-refractivity contribution in [2.24, 2.45) is 0 Å². The van der Waals surface area contributed by atoms with Crippen LogP contribution in [-0.2, 0) is 65.8 Å². The second-order valence-corrected chi connectivity index (χ2v) is 19.5. The van der Waals surface area contributed by atoms with Crippen LogP contribution >= 0.6 is 0 Å². The Morgan fingerprint density at radius 1 is 0.469 bits per heavy atom. The first-order chi connectivity index (χ1) is 45.2. The maximum absolute atomic E-state index is 13.5. The summed E-state index contributed by atoms with van der Waals surface area (Å²) in [5, 5.41) is 18.8. The van der Waals surface area contributed by atoms with Crippen molar-refractivity contribution < 1.29 is 129 Å². The van der Waals surface area contributed by atoms with Gasteiger partial charge in [0.1, 0.15) is 43.3 Å². The Labute approximate surface area is 528 Å². The number of carbonyl (C=O) groups excluding carboxylic acids is 2. The van der Waals surface area contributed by atoms with Gasteiger partial charge in [0.05, 0.1) is 49.7 Å². The Hall–Kier alpha value is -9.68. The molecule has 1 fully saturated rings. The predicted molar refractivity (Wildman–Crippen MR) is 283 cm³/mol.